The van der Waals surface area contributed by atoms with Gasteiger partial charge in [-0.15, -0.1) is 0 Å². The highest BCUT2D eigenvalue weighted by atomic mass is 16.5. The fraction of sp³-hybridized carbons (Fsp3) is 0.120. The average molecular weight is 422 g/mol. The number of nitrogen functional groups attached to an aromatic ring is 1. The molecule has 32 heavy (non-hydrogen) atoms. The van der Waals surface area contributed by atoms with Gasteiger partial charge in [-0.25, -0.2) is 9.78 Å². The van der Waals surface area contributed by atoms with Gasteiger partial charge in [0.15, 0.2) is 0 Å². The summed E-state index contributed by atoms with van der Waals surface area (Å²) in [5, 5.41) is 19.1. The van der Waals surface area contributed by atoms with Crippen LogP contribution >= 0.6 is 0 Å². The molecule has 2 N–H and O–H groups in total. The van der Waals surface area contributed by atoms with Crippen LogP contribution in [0.5, 0.6) is 0 Å². The second-order valence-electron chi connectivity index (χ2n) is 7.27. The molecule has 1 aliphatic carbocycles. The van der Waals surface area contributed by atoms with Crippen molar-refractivity contribution in [3.8, 4) is 23.5 Å². The largest absolute Gasteiger partial charge is 0.465 e. The van der Waals surface area contributed by atoms with E-state index in [0.717, 1.165) is 16.7 Å². The Bertz CT molecular complexity index is 1410. The van der Waals surface area contributed by atoms with Crippen LogP contribution in [0.15, 0.2) is 46.4 Å². The number of nitrogens with zero attached hydrogens (tertiary/aromatic N) is 3. The molecule has 0 atom stereocenters. The van der Waals surface area contributed by atoms with Crippen LogP contribution in [0.4, 0.5) is 5.82 Å². The third kappa shape index (κ3) is 3.23. The molecular formula is C25H18N4O3. The van der Waals surface area contributed by atoms with E-state index in [1.807, 2.05) is 25.1 Å². The summed E-state index contributed by atoms with van der Waals surface area (Å²) in [5.74, 6) is 0.907. The van der Waals surface area contributed by atoms with Crippen molar-refractivity contribution in [1.29, 1.82) is 10.5 Å². The molecule has 7 heteroatoms. The number of ether oxygens (including phenoxy) is 1. The van der Waals surface area contributed by atoms with E-state index in [9.17, 15) is 15.3 Å². The Labute approximate surface area is 184 Å². The summed E-state index contributed by atoms with van der Waals surface area (Å²) in [7, 11) is 1.34. The van der Waals surface area contributed by atoms with Crippen LogP contribution in [0, 0.1) is 29.6 Å². The van der Waals surface area contributed by atoms with Gasteiger partial charge >= 0.3 is 5.97 Å². The van der Waals surface area contributed by atoms with Gasteiger partial charge in [-0.1, -0.05) is 12.1 Å². The van der Waals surface area contributed by atoms with Crippen molar-refractivity contribution in [2.45, 2.75) is 13.8 Å². The van der Waals surface area contributed by atoms with E-state index in [1.165, 1.54) is 7.11 Å². The molecule has 2 heterocycles. The van der Waals surface area contributed by atoms with Gasteiger partial charge in [0.2, 0.25) is 0 Å². The molecule has 0 unspecified atom stereocenters. The fourth-order valence-electron chi connectivity index (χ4n) is 3.81. The summed E-state index contributed by atoms with van der Waals surface area (Å²) < 4.78 is 10.7. The van der Waals surface area contributed by atoms with Crippen molar-refractivity contribution in [1.82, 2.24) is 4.98 Å². The lowest BCUT2D eigenvalue weighted by molar-refractivity contribution is 0.0600. The smallest absolute Gasteiger partial charge is 0.337 e. The van der Waals surface area contributed by atoms with E-state index in [2.05, 4.69) is 17.1 Å². The number of allylic oxidation sites excluding steroid dienone is 3. The first-order valence-electron chi connectivity index (χ1n) is 9.72. The van der Waals surface area contributed by atoms with E-state index < -0.39 is 5.97 Å². The second-order valence-corrected chi connectivity index (χ2v) is 7.27. The number of nitrogens with two attached hydrogens (primary N) is 1. The van der Waals surface area contributed by atoms with Gasteiger partial charge in [-0.3, -0.25) is 0 Å². The van der Waals surface area contributed by atoms with Gasteiger partial charge in [-0.2, -0.15) is 10.5 Å². The zero-order chi connectivity index (χ0) is 23.0. The zero-order valence-electron chi connectivity index (χ0n) is 17.7. The van der Waals surface area contributed by atoms with Gasteiger partial charge in [-0.05, 0) is 60.9 Å². The van der Waals surface area contributed by atoms with Gasteiger partial charge in [0.1, 0.15) is 29.5 Å². The van der Waals surface area contributed by atoms with Crippen LogP contribution < -0.4 is 5.73 Å². The summed E-state index contributed by atoms with van der Waals surface area (Å²) in [6.07, 6.45) is 1.83. The minimum Gasteiger partial charge on any atom is -0.465 e. The van der Waals surface area contributed by atoms with Crippen LogP contribution in [0.25, 0.3) is 28.5 Å². The Morgan fingerprint density at radius 2 is 1.84 bits per heavy atom. The average Bonchev–Trinajstić information content (AvgIpc) is 3.36. The monoisotopic (exact) mass is 422 g/mol. The van der Waals surface area contributed by atoms with Gasteiger partial charge in [0.05, 0.1) is 29.5 Å². The normalized spacial score (nSPS) is 13.6. The highest BCUT2D eigenvalue weighted by Gasteiger charge is 2.29. The fourth-order valence-corrected chi connectivity index (χ4v) is 3.81. The molecule has 0 spiro atoms. The summed E-state index contributed by atoms with van der Waals surface area (Å²) in [5.41, 5.74) is 11.3. The number of carbonyl (C=O) groups is 1. The summed E-state index contributed by atoms with van der Waals surface area (Å²) in [6.45, 7) is 3.64. The SMILES string of the molecule is COC(=O)c1ccc(-c2ccc(/C=C3\C(C)=C(C#N)c4nc(N)c(C#N)c(C)c43)o2)cc1. The number of aromatic nitrogens is 1. The molecule has 0 aliphatic heterocycles. The highest BCUT2D eigenvalue weighted by molar-refractivity contribution is 6.08. The third-order valence-electron chi connectivity index (χ3n) is 5.49. The maximum Gasteiger partial charge on any atom is 0.337 e. The van der Waals surface area contributed by atoms with Gasteiger partial charge < -0.3 is 14.9 Å². The van der Waals surface area contributed by atoms with E-state index in [1.54, 1.807) is 31.2 Å². The van der Waals surface area contributed by atoms with Crippen LogP contribution in [-0.2, 0) is 4.74 Å². The minimum atomic E-state index is -0.404. The molecule has 3 aromatic rings. The molecule has 7 nitrogen and oxygen atoms in total. The van der Waals surface area contributed by atoms with E-state index in [-0.39, 0.29) is 5.82 Å². The predicted octanol–water partition coefficient (Wildman–Crippen LogP) is 4.74. The Balaban J connectivity index is 1.77. The summed E-state index contributed by atoms with van der Waals surface area (Å²) in [6, 6.07) is 14.8. The molecule has 0 amide bonds. The standard InChI is InChI=1S/C25H18N4O3/c1-13-18(22-14(2)20(12-27)24(28)29-23(22)19(13)11-26)10-17-8-9-21(32-17)15-4-6-16(7-5-15)25(30)31-3/h4-10H,1-3H3,(H2,28,29)/b18-10+. The van der Waals surface area contributed by atoms with Crippen molar-refractivity contribution in [2.24, 2.45) is 0 Å². The Hall–Kier alpha value is -4.62. The van der Waals surface area contributed by atoms with E-state index >= 15 is 0 Å². The first-order valence-corrected chi connectivity index (χ1v) is 9.72. The first-order chi connectivity index (χ1) is 15.4. The molecule has 1 aromatic carbocycles. The van der Waals surface area contributed by atoms with Crippen LogP contribution in [0.1, 0.15) is 45.4 Å². The predicted molar refractivity (Wildman–Crippen MR) is 120 cm³/mol. The number of carbonyl (C=O) groups excluding carboxylic acids is 1. The maximum absolute atomic E-state index is 11.6. The number of methoxy groups -OCH3 is 1. The number of pyridine rings is 1. The lowest BCUT2D eigenvalue weighted by Crippen LogP contribution is -2.03. The van der Waals surface area contributed by atoms with Crippen LogP contribution in [-0.4, -0.2) is 18.1 Å². The van der Waals surface area contributed by atoms with E-state index in [4.69, 9.17) is 14.9 Å². The minimum absolute atomic E-state index is 0.112. The number of rotatable bonds is 3. The van der Waals surface area contributed by atoms with Gasteiger partial charge in [0.25, 0.3) is 0 Å². The quantitative estimate of drug-likeness (QED) is 0.604. The molecule has 0 saturated carbocycles. The zero-order valence-corrected chi connectivity index (χ0v) is 17.7. The van der Waals surface area contributed by atoms with Gasteiger partial charge in [0, 0.05) is 11.1 Å². The second kappa shape index (κ2) is 7.90. The number of hydrogen-bond donors (Lipinski definition) is 1. The Kier molecular flexibility index (Phi) is 5.10. The molecule has 2 aromatic heterocycles. The summed E-state index contributed by atoms with van der Waals surface area (Å²) >= 11 is 0. The molecular weight excluding hydrogens is 404 g/mol. The molecule has 0 saturated heterocycles. The number of hydrogen-bond acceptors (Lipinski definition) is 7. The van der Waals surface area contributed by atoms with Crippen LogP contribution in [0.3, 0.4) is 0 Å². The van der Waals surface area contributed by atoms with Crippen LogP contribution in [0.2, 0.25) is 0 Å². The molecule has 1 aliphatic rings. The van der Waals surface area contributed by atoms with Crippen molar-refractivity contribution < 1.29 is 13.9 Å². The third-order valence-corrected chi connectivity index (χ3v) is 5.49. The topological polar surface area (TPSA) is 126 Å². The lowest BCUT2D eigenvalue weighted by atomic mass is 9.96. The van der Waals surface area contributed by atoms with Crippen molar-refractivity contribution in [3.05, 3.63) is 75.7 Å². The Morgan fingerprint density at radius 3 is 2.47 bits per heavy atom. The molecule has 4 rings (SSSR count). The number of furan rings is 1. The number of esters is 1. The number of anilines is 1. The maximum atomic E-state index is 11.6. The van der Waals surface area contributed by atoms with Crippen molar-refractivity contribution in [3.63, 3.8) is 0 Å². The van der Waals surface area contributed by atoms with Crippen molar-refractivity contribution >= 4 is 29.0 Å². The van der Waals surface area contributed by atoms with Crippen molar-refractivity contribution in [2.75, 3.05) is 12.8 Å². The number of benzene rings is 1. The molecule has 0 bridgehead atoms. The number of fused-ring (bicyclic) bond motifs is 1. The summed E-state index contributed by atoms with van der Waals surface area (Å²) in [4.78, 5) is 15.9. The lowest BCUT2D eigenvalue weighted by Gasteiger charge is -2.10. The molecule has 156 valence electrons. The molecule has 0 fully saturated rings. The highest BCUT2D eigenvalue weighted by Crippen LogP contribution is 2.44. The Morgan fingerprint density at radius 1 is 1.12 bits per heavy atom. The molecule has 0 radical (unpaired) electrons. The van der Waals surface area contributed by atoms with E-state index in [0.29, 0.717) is 45.0 Å². The first kappa shape index (κ1) is 20.6. The number of nitriles is 2.